The minimum Gasteiger partial charge on any atom is -0.478 e. The maximum atomic E-state index is 11.6. The number of benzene rings is 1. The highest BCUT2D eigenvalue weighted by molar-refractivity contribution is 6.03. The van der Waals surface area contributed by atoms with Crippen LogP contribution in [0.15, 0.2) is 28.7 Å². The minimum absolute atomic E-state index is 0.158. The number of carboxylic acid groups (broad SMARTS) is 1. The molecule has 3 rings (SSSR count). The van der Waals surface area contributed by atoms with E-state index in [0.29, 0.717) is 23.3 Å². The zero-order valence-corrected chi connectivity index (χ0v) is 12.0. The molecular formula is C16H19NO4. The van der Waals surface area contributed by atoms with Gasteiger partial charge in [0.15, 0.2) is 0 Å². The summed E-state index contributed by atoms with van der Waals surface area (Å²) in [6, 6.07) is 7.28. The molecule has 0 spiro atoms. The Morgan fingerprint density at radius 3 is 3.05 bits per heavy atom. The molecule has 21 heavy (non-hydrogen) atoms. The number of hydrogen-bond acceptors (Lipinski definition) is 4. The number of rotatable bonds is 3. The van der Waals surface area contributed by atoms with Gasteiger partial charge in [-0.15, -0.1) is 0 Å². The van der Waals surface area contributed by atoms with Crippen LogP contribution in [0.3, 0.4) is 0 Å². The fourth-order valence-corrected chi connectivity index (χ4v) is 2.87. The number of carbonyl (C=O) groups is 1. The SMILES string of the molecule is CC1CN(Cc2oc3ccccc3c2C(=O)O)CCCO1. The number of ether oxygens (including phenoxy) is 1. The molecule has 2 aromatic rings. The smallest absolute Gasteiger partial charge is 0.339 e. The van der Waals surface area contributed by atoms with Gasteiger partial charge >= 0.3 is 5.97 Å². The van der Waals surface area contributed by atoms with Crippen molar-refractivity contribution in [3.63, 3.8) is 0 Å². The lowest BCUT2D eigenvalue weighted by atomic mass is 10.1. The molecular weight excluding hydrogens is 270 g/mol. The van der Waals surface area contributed by atoms with E-state index >= 15 is 0 Å². The average molecular weight is 289 g/mol. The first-order valence-electron chi connectivity index (χ1n) is 7.23. The van der Waals surface area contributed by atoms with Crippen LogP contribution in [-0.4, -0.2) is 41.8 Å². The van der Waals surface area contributed by atoms with E-state index < -0.39 is 5.97 Å². The lowest BCUT2D eigenvalue weighted by Crippen LogP contribution is -2.30. The van der Waals surface area contributed by atoms with Gasteiger partial charge in [-0.25, -0.2) is 4.79 Å². The van der Waals surface area contributed by atoms with Crippen molar-refractivity contribution in [3.05, 3.63) is 35.6 Å². The standard InChI is InChI=1S/C16H19NO4/c1-11-9-17(7-4-8-20-11)10-14-15(16(18)19)12-5-2-3-6-13(12)21-14/h2-3,5-6,11H,4,7-10H2,1H3,(H,18,19). The number of nitrogens with zero attached hydrogens (tertiary/aromatic N) is 1. The molecule has 1 saturated heterocycles. The molecule has 1 aliphatic rings. The monoisotopic (exact) mass is 289 g/mol. The maximum absolute atomic E-state index is 11.6. The molecule has 1 aliphatic heterocycles. The van der Waals surface area contributed by atoms with Crippen molar-refractivity contribution in [1.82, 2.24) is 4.90 Å². The van der Waals surface area contributed by atoms with Crippen molar-refractivity contribution in [2.24, 2.45) is 0 Å². The Morgan fingerprint density at radius 2 is 2.24 bits per heavy atom. The summed E-state index contributed by atoms with van der Waals surface area (Å²) in [4.78, 5) is 13.8. The van der Waals surface area contributed by atoms with E-state index in [1.807, 2.05) is 19.1 Å². The Labute approximate surface area is 123 Å². The number of carboxylic acids is 1. The normalized spacial score (nSPS) is 20.5. The first kappa shape index (κ1) is 14.1. The van der Waals surface area contributed by atoms with Crippen LogP contribution < -0.4 is 0 Å². The summed E-state index contributed by atoms with van der Waals surface area (Å²) in [6.07, 6.45) is 1.11. The summed E-state index contributed by atoms with van der Waals surface area (Å²) in [6.45, 7) is 4.97. The third-order valence-corrected chi connectivity index (χ3v) is 3.79. The highest BCUT2D eigenvalue weighted by Crippen LogP contribution is 2.27. The minimum atomic E-state index is -0.936. The van der Waals surface area contributed by atoms with Crippen molar-refractivity contribution in [3.8, 4) is 0 Å². The van der Waals surface area contributed by atoms with E-state index in [1.54, 1.807) is 12.1 Å². The fraction of sp³-hybridized carbons (Fsp3) is 0.438. The van der Waals surface area contributed by atoms with Crippen LogP contribution in [0.1, 0.15) is 29.5 Å². The number of furan rings is 1. The highest BCUT2D eigenvalue weighted by atomic mass is 16.5. The van der Waals surface area contributed by atoms with Crippen molar-refractivity contribution < 1.29 is 19.1 Å². The van der Waals surface area contributed by atoms with Gasteiger partial charge in [0.25, 0.3) is 0 Å². The van der Waals surface area contributed by atoms with E-state index in [9.17, 15) is 9.90 Å². The van der Waals surface area contributed by atoms with Crippen LogP contribution in [-0.2, 0) is 11.3 Å². The lowest BCUT2D eigenvalue weighted by molar-refractivity contribution is 0.0653. The van der Waals surface area contributed by atoms with Gasteiger partial charge in [-0.2, -0.15) is 0 Å². The lowest BCUT2D eigenvalue weighted by Gasteiger charge is -2.20. The van der Waals surface area contributed by atoms with Gasteiger partial charge in [0.2, 0.25) is 0 Å². The summed E-state index contributed by atoms with van der Waals surface area (Å²) < 4.78 is 11.4. The van der Waals surface area contributed by atoms with Crippen molar-refractivity contribution >= 4 is 16.9 Å². The molecule has 1 N–H and O–H groups in total. The van der Waals surface area contributed by atoms with Gasteiger partial charge in [-0.3, -0.25) is 4.90 Å². The number of hydrogen-bond donors (Lipinski definition) is 1. The summed E-state index contributed by atoms with van der Waals surface area (Å²) in [5, 5.41) is 10.2. The van der Waals surface area contributed by atoms with Crippen LogP contribution in [0.4, 0.5) is 0 Å². The van der Waals surface area contributed by atoms with Gasteiger partial charge in [0.05, 0.1) is 12.6 Å². The van der Waals surface area contributed by atoms with Crippen LogP contribution in [0.25, 0.3) is 11.0 Å². The third kappa shape index (κ3) is 2.94. The maximum Gasteiger partial charge on any atom is 0.339 e. The third-order valence-electron chi connectivity index (χ3n) is 3.79. The highest BCUT2D eigenvalue weighted by Gasteiger charge is 2.23. The predicted octanol–water partition coefficient (Wildman–Crippen LogP) is 2.74. The van der Waals surface area contributed by atoms with E-state index in [-0.39, 0.29) is 11.7 Å². The topological polar surface area (TPSA) is 62.9 Å². The fourth-order valence-electron chi connectivity index (χ4n) is 2.87. The van der Waals surface area contributed by atoms with Crippen LogP contribution in [0.2, 0.25) is 0 Å². The first-order valence-corrected chi connectivity index (χ1v) is 7.23. The molecule has 112 valence electrons. The average Bonchev–Trinajstić information content (AvgIpc) is 2.68. The molecule has 1 atom stereocenters. The van der Waals surface area contributed by atoms with E-state index in [4.69, 9.17) is 9.15 Å². The molecule has 0 amide bonds. The Hall–Kier alpha value is -1.85. The Balaban J connectivity index is 1.92. The predicted molar refractivity (Wildman–Crippen MR) is 78.5 cm³/mol. The Morgan fingerprint density at radius 1 is 1.43 bits per heavy atom. The number of aromatic carboxylic acids is 1. The summed E-state index contributed by atoms with van der Waals surface area (Å²) in [5.74, 6) is -0.410. The van der Waals surface area contributed by atoms with E-state index in [1.165, 1.54) is 0 Å². The molecule has 1 aromatic carbocycles. The van der Waals surface area contributed by atoms with Crippen LogP contribution in [0, 0.1) is 0 Å². The first-order chi connectivity index (χ1) is 10.1. The Bertz CT molecular complexity index is 649. The zero-order valence-electron chi connectivity index (χ0n) is 12.0. The quantitative estimate of drug-likeness (QED) is 0.941. The second kappa shape index (κ2) is 5.87. The van der Waals surface area contributed by atoms with E-state index in [2.05, 4.69) is 4.90 Å². The van der Waals surface area contributed by atoms with E-state index in [0.717, 1.165) is 26.1 Å². The van der Waals surface area contributed by atoms with Gasteiger partial charge in [0, 0.05) is 25.1 Å². The molecule has 0 radical (unpaired) electrons. The number of para-hydroxylation sites is 1. The molecule has 2 heterocycles. The van der Waals surface area contributed by atoms with Crippen molar-refractivity contribution in [2.75, 3.05) is 19.7 Å². The molecule has 0 saturated carbocycles. The largest absolute Gasteiger partial charge is 0.478 e. The number of fused-ring (bicyclic) bond motifs is 1. The molecule has 0 aliphatic carbocycles. The van der Waals surface area contributed by atoms with Gasteiger partial charge in [-0.1, -0.05) is 18.2 Å². The van der Waals surface area contributed by atoms with Crippen LogP contribution >= 0.6 is 0 Å². The molecule has 5 nitrogen and oxygen atoms in total. The van der Waals surface area contributed by atoms with Gasteiger partial charge < -0.3 is 14.3 Å². The summed E-state index contributed by atoms with van der Waals surface area (Å²) in [5.41, 5.74) is 0.910. The molecule has 0 bridgehead atoms. The van der Waals surface area contributed by atoms with Crippen molar-refractivity contribution in [1.29, 1.82) is 0 Å². The molecule has 1 unspecified atom stereocenters. The summed E-state index contributed by atoms with van der Waals surface area (Å²) in [7, 11) is 0. The van der Waals surface area contributed by atoms with Crippen LogP contribution in [0.5, 0.6) is 0 Å². The second-order valence-electron chi connectivity index (χ2n) is 5.47. The van der Waals surface area contributed by atoms with Crippen molar-refractivity contribution in [2.45, 2.75) is 26.0 Å². The zero-order chi connectivity index (χ0) is 14.8. The summed E-state index contributed by atoms with van der Waals surface area (Å²) >= 11 is 0. The molecule has 1 fully saturated rings. The molecule has 1 aromatic heterocycles. The second-order valence-corrected chi connectivity index (χ2v) is 5.47. The van der Waals surface area contributed by atoms with Gasteiger partial charge in [-0.05, 0) is 19.4 Å². The molecule has 5 heteroatoms. The Kier molecular flexibility index (Phi) is 3.94. The van der Waals surface area contributed by atoms with Gasteiger partial charge in [0.1, 0.15) is 16.9 Å².